The Kier molecular flexibility index (Phi) is 4.20. The van der Waals surface area contributed by atoms with Crippen molar-refractivity contribution in [3.05, 3.63) is 35.9 Å². The third kappa shape index (κ3) is 2.78. The molecule has 1 aliphatic rings. The van der Waals surface area contributed by atoms with Gasteiger partial charge in [0, 0.05) is 6.42 Å². The molecule has 0 saturated carbocycles. The highest BCUT2D eigenvalue weighted by molar-refractivity contribution is 6.01. The van der Waals surface area contributed by atoms with Crippen molar-refractivity contribution in [2.45, 2.75) is 26.2 Å². The molecule has 1 aliphatic heterocycles. The molecule has 1 aromatic carbocycles. The average molecular weight is 262 g/mol. The molecule has 102 valence electrons. The summed E-state index contributed by atoms with van der Waals surface area (Å²) in [7, 11) is 0. The van der Waals surface area contributed by atoms with Gasteiger partial charge in [-0.1, -0.05) is 30.3 Å². The van der Waals surface area contributed by atoms with Crippen LogP contribution in [0.3, 0.4) is 0 Å². The molecule has 1 heterocycles. The van der Waals surface area contributed by atoms with Crippen molar-refractivity contribution in [2.75, 3.05) is 13.2 Å². The zero-order valence-corrected chi connectivity index (χ0v) is 11.1. The summed E-state index contributed by atoms with van der Waals surface area (Å²) in [6, 6.07) is 9.80. The minimum absolute atomic E-state index is 0.277. The van der Waals surface area contributed by atoms with Crippen molar-refractivity contribution in [3.63, 3.8) is 0 Å². The van der Waals surface area contributed by atoms with E-state index in [1.807, 2.05) is 30.3 Å². The summed E-state index contributed by atoms with van der Waals surface area (Å²) in [4.78, 5) is 24.0. The first-order valence-corrected chi connectivity index (χ1v) is 6.57. The Morgan fingerprint density at radius 3 is 2.68 bits per heavy atom. The number of hydrogen-bond donors (Lipinski definition) is 0. The molecule has 0 N–H and O–H groups in total. The molecule has 1 aromatic rings. The van der Waals surface area contributed by atoms with Gasteiger partial charge in [0.2, 0.25) is 0 Å². The molecule has 0 bridgehead atoms. The lowest BCUT2D eigenvalue weighted by atomic mass is 9.81. The molecule has 0 spiro atoms. The van der Waals surface area contributed by atoms with Gasteiger partial charge in [-0.3, -0.25) is 9.59 Å². The molecule has 0 aromatic heterocycles. The zero-order valence-electron chi connectivity index (χ0n) is 11.1. The number of hydrogen-bond acceptors (Lipinski definition) is 4. The second kappa shape index (κ2) is 5.87. The van der Waals surface area contributed by atoms with Gasteiger partial charge >= 0.3 is 11.9 Å². The van der Waals surface area contributed by atoms with Crippen LogP contribution in [0.25, 0.3) is 0 Å². The van der Waals surface area contributed by atoms with Gasteiger partial charge in [0.05, 0.1) is 13.2 Å². The molecule has 1 unspecified atom stereocenters. The molecule has 0 amide bonds. The maximum Gasteiger partial charge on any atom is 0.323 e. The fourth-order valence-corrected chi connectivity index (χ4v) is 2.34. The maximum absolute atomic E-state index is 12.1. The van der Waals surface area contributed by atoms with Crippen LogP contribution in [0.5, 0.6) is 0 Å². The molecule has 0 aliphatic carbocycles. The van der Waals surface area contributed by atoms with Gasteiger partial charge in [-0.15, -0.1) is 0 Å². The SMILES string of the molecule is CCOC(=O)C1(CCc2ccccc2)CCOC1=O. The van der Waals surface area contributed by atoms with Gasteiger partial charge in [-0.25, -0.2) is 0 Å². The highest BCUT2D eigenvalue weighted by Crippen LogP contribution is 2.36. The molecule has 0 radical (unpaired) electrons. The van der Waals surface area contributed by atoms with Crippen molar-refractivity contribution in [2.24, 2.45) is 5.41 Å². The zero-order chi connectivity index (χ0) is 13.7. The second-order valence-electron chi connectivity index (χ2n) is 4.67. The lowest BCUT2D eigenvalue weighted by molar-refractivity contribution is -0.164. The van der Waals surface area contributed by atoms with Gasteiger partial charge in [0.25, 0.3) is 0 Å². The second-order valence-corrected chi connectivity index (χ2v) is 4.67. The van der Waals surface area contributed by atoms with Gasteiger partial charge in [-0.05, 0) is 25.3 Å². The van der Waals surface area contributed by atoms with E-state index in [2.05, 4.69) is 0 Å². The van der Waals surface area contributed by atoms with E-state index in [0.717, 1.165) is 5.56 Å². The fraction of sp³-hybridized carbons (Fsp3) is 0.467. The van der Waals surface area contributed by atoms with Crippen LogP contribution in [0, 0.1) is 5.41 Å². The molecular formula is C15H18O4. The van der Waals surface area contributed by atoms with Crippen LogP contribution in [-0.4, -0.2) is 25.2 Å². The van der Waals surface area contributed by atoms with Gasteiger partial charge in [0.1, 0.15) is 0 Å². The predicted octanol–water partition coefficient (Wildman–Crippen LogP) is 2.12. The van der Waals surface area contributed by atoms with Crippen molar-refractivity contribution in [3.8, 4) is 0 Å². The van der Waals surface area contributed by atoms with Gasteiger partial charge < -0.3 is 9.47 Å². The van der Waals surface area contributed by atoms with Crippen molar-refractivity contribution in [1.82, 2.24) is 0 Å². The minimum Gasteiger partial charge on any atom is -0.465 e. The molecule has 1 atom stereocenters. The van der Waals surface area contributed by atoms with Crippen LogP contribution in [-0.2, 0) is 25.5 Å². The average Bonchev–Trinajstić information content (AvgIpc) is 2.80. The number of esters is 2. The van der Waals surface area contributed by atoms with E-state index in [-0.39, 0.29) is 6.61 Å². The topological polar surface area (TPSA) is 52.6 Å². The highest BCUT2D eigenvalue weighted by Gasteiger charge is 2.51. The van der Waals surface area contributed by atoms with Crippen LogP contribution < -0.4 is 0 Å². The van der Waals surface area contributed by atoms with Crippen molar-refractivity contribution < 1.29 is 19.1 Å². The van der Waals surface area contributed by atoms with E-state index in [9.17, 15) is 9.59 Å². The van der Waals surface area contributed by atoms with Gasteiger partial charge in [0.15, 0.2) is 5.41 Å². The third-order valence-electron chi connectivity index (χ3n) is 3.50. The van der Waals surface area contributed by atoms with Crippen molar-refractivity contribution >= 4 is 11.9 Å². The number of carbonyl (C=O) groups excluding carboxylic acids is 2. The Labute approximate surface area is 112 Å². The third-order valence-corrected chi connectivity index (χ3v) is 3.50. The molecule has 19 heavy (non-hydrogen) atoms. The molecule has 4 heteroatoms. The van der Waals surface area contributed by atoms with Crippen LogP contribution >= 0.6 is 0 Å². The van der Waals surface area contributed by atoms with E-state index in [0.29, 0.717) is 25.9 Å². The Morgan fingerprint density at radius 1 is 1.37 bits per heavy atom. The lowest BCUT2D eigenvalue weighted by Gasteiger charge is -2.22. The Bertz CT molecular complexity index is 454. The molecule has 1 fully saturated rings. The summed E-state index contributed by atoms with van der Waals surface area (Å²) in [6.07, 6.45) is 1.51. The Morgan fingerprint density at radius 2 is 2.11 bits per heavy atom. The quantitative estimate of drug-likeness (QED) is 0.602. The smallest absolute Gasteiger partial charge is 0.323 e. The van der Waals surface area contributed by atoms with E-state index >= 15 is 0 Å². The lowest BCUT2D eigenvalue weighted by Crippen LogP contribution is -2.38. The van der Waals surface area contributed by atoms with E-state index < -0.39 is 17.4 Å². The minimum atomic E-state index is -1.11. The van der Waals surface area contributed by atoms with E-state index in [4.69, 9.17) is 9.47 Å². The summed E-state index contributed by atoms with van der Waals surface area (Å²) in [5.74, 6) is -0.893. The number of rotatable bonds is 5. The Balaban J connectivity index is 2.11. The first kappa shape index (κ1) is 13.6. The number of aryl methyl sites for hydroxylation is 1. The van der Waals surface area contributed by atoms with Crippen LogP contribution in [0.2, 0.25) is 0 Å². The summed E-state index contributed by atoms with van der Waals surface area (Å²) in [5.41, 5.74) is -0.00265. The van der Waals surface area contributed by atoms with Crippen LogP contribution in [0.1, 0.15) is 25.3 Å². The maximum atomic E-state index is 12.1. The number of benzene rings is 1. The first-order chi connectivity index (χ1) is 9.19. The first-order valence-electron chi connectivity index (χ1n) is 6.57. The monoisotopic (exact) mass is 262 g/mol. The largest absolute Gasteiger partial charge is 0.465 e. The highest BCUT2D eigenvalue weighted by atomic mass is 16.6. The number of cyclic esters (lactones) is 1. The predicted molar refractivity (Wildman–Crippen MR) is 69.4 cm³/mol. The molecule has 4 nitrogen and oxygen atoms in total. The normalized spacial score (nSPS) is 22.1. The summed E-state index contributed by atoms with van der Waals surface area (Å²) >= 11 is 0. The van der Waals surface area contributed by atoms with Crippen LogP contribution in [0.4, 0.5) is 0 Å². The van der Waals surface area contributed by atoms with Gasteiger partial charge in [-0.2, -0.15) is 0 Å². The molecule has 1 saturated heterocycles. The van der Waals surface area contributed by atoms with E-state index in [1.54, 1.807) is 6.92 Å². The summed E-state index contributed by atoms with van der Waals surface area (Å²) in [5, 5.41) is 0. The standard InChI is InChI=1S/C15H18O4/c1-2-18-13(16)15(10-11-19-14(15)17)9-8-12-6-4-3-5-7-12/h3-7H,2,8-11H2,1H3. The summed E-state index contributed by atoms with van der Waals surface area (Å²) < 4.78 is 10.0. The summed E-state index contributed by atoms with van der Waals surface area (Å²) in [6.45, 7) is 2.31. The molecular weight excluding hydrogens is 244 g/mol. The molecule has 2 rings (SSSR count). The Hall–Kier alpha value is -1.84. The van der Waals surface area contributed by atoms with Crippen molar-refractivity contribution in [1.29, 1.82) is 0 Å². The number of carbonyl (C=O) groups is 2. The fourth-order valence-electron chi connectivity index (χ4n) is 2.34. The van der Waals surface area contributed by atoms with E-state index in [1.165, 1.54) is 0 Å². The van der Waals surface area contributed by atoms with Crippen LogP contribution in [0.15, 0.2) is 30.3 Å². The number of ether oxygens (including phenoxy) is 2.